The van der Waals surface area contributed by atoms with Crippen molar-refractivity contribution in [2.24, 2.45) is 17.8 Å². The average Bonchev–Trinajstić information content (AvgIpc) is 3.14. The summed E-state index contributed by atoms with van der Waals surface area (Å²) in [7, 11) is 0. The van der Waals surface area contributed by atoms with Crippen LogP contribution < -0.4 is 0 Å². The van der Waals surface area contributed by atoms with E-state index in [0.29, 0.717) is 47.7 Å². The third-order valence-corrected chi connectivity index (χ3v) is 7.48. The van der Waals surface area contributed by atoms with E-state index in [-0.39, 0.29) is 18.1 Å². The number of ether oxygens (including phenoxy) is 1. The van der Waals surface area contributed by atoms with Gasteiger partial charge in [-0.2, -0.15) is 5.26 Å². The first-order valence-electron chi connectivity index (χ1n) is 10.2. The van der Waals surface area contributed by atoms with E-state index in [0.717, 1.165) is 30.8 Å². The molecule has 0 spiro atoms. The molecule has 1 aromatic rings. The molecule has 4 aliphatic carbocycles. The van der Waals surface area contributed by atoms with Crippen molar-refractivity contribution >= 4 is 23.4 Å². The maximum Gasteiger partial charge on any atom is 0.352 e. The van der Waals surface area contributed by atoms with Crippen LogP contribution in [0.1, 0.15) is 67.2 Å². The van der Waals surface area contributed by atoms with E-state index in [9.17, 15) is 9.59 Å². The molecule has 5 rings (SSSR count). The highest BCUT2D eigenvalue weighted by Crippen LogP contribution is 2.57. The molecule has 0 unspecified atom stereocenters. The van der Waals surface area contributed by atoms with E-state index in [1.165, 1.54) is 19.3 Å². The van der Waals surface area contributed by atoms with Crippen LogP contribution in [0.25, 0.3) is 0 Å². The van der Waals surface area contributed by atoms with Crippen LogP contribution in [-0.2, 0) is 16.0 Å². The number of hydrogen-bond acceptors (Lipinski definition) is 7. The molecule has 28 heavy (non-hydrogen) atoms. The lowest BCUT2D eigenvalue weighted by atomic mass is 9.52. The molecule has 0 N–H and O–H groups in total. The number of rotatable bonds is 7. The van der Waals surface area contributed by atoms with Gasteiger partial charge in [0.2, 0.25) is 0 Å². The van der Waals surface area contributed by atoms with E-state index >= 15 is 0 Å². The fourth-order valence-corrected chi connectivity index (χ4v) is 6.69. The van der Waals surface area contributed by atoms with Crippen molar-refractivity contribution in [1.82, 2.24) is 14.5 Å². The van der Waals surface area contributed by atoms with Crippen molar-refractivity contribution in [1.29, 1.82) is 5.26 Å². The van der Waals surface area contributed by atoms with Crippen molar-refractivity contribution < 1.29 is 14.3 Å². The van der Waals surface area contributed by atoms with Gasteiger partial charge in [0, 0.05) is 12.1 Å². The molecule has 8 heteroatoms. The molecular formula is C20H26N4O3S. The summed E-state index contributed by atoms with van der Waals surface area (Å²) in [5.74, 6) is 1.37. The van der Waals surface area contributed by atoms with Crippen molar-refractivity contribution in [2.45, 2.75) is 63.8 Å². The number of aromatic nitrogens is 2. The van der Waals surface area contributed by atoms with Crippen molar-refractivity contribution in [3.63, 3.8) is 0 Å². The minimum atomic E-state index is -0.536. The summed E-state index contributed by atoms with van der Waals surface area (Å²) in [6, 6.07) is 2.17. The zero-order valence-electron chi connectivity index (χ0n) is 16.2. The van der Waals surface area contributed by atoms with Gasteiger partial charge in [-0.1, -0.05) is 11.4 Å². The van der Waals surface area contributed by atoms with Crippen LogP contribution in [0.2, 0.25) is 0 Å². The number of nitrogens with zero attached hydrogens (tertiary/aromatic N) is 4. The van der Waals surface area contributed by atoms with Gasteiger partial charge < -0.3 is 9.64 Å². The fraction of sp³-hybridized carbons (Fsp3) is 0.750. The lowest BCUT2D eigenvalue weighted by molar-refractivity contribution is -0.153. The molecule has 4 aliphatic rings. The molecular weight excluding hydrogens is 376 g/mol. The summed E-state index contributed by atoms with van der Waals surface area (Å²) in [4.78, 5) is 27.7. The Hall–Kier alpha value is -2.01. The quantitative estimate of drug-likeness (QED) is 0.651. The Labute approximate surface area is 169 Å². The molecule has 7 nitrogen and oxygen atoms in total. The van der Waals surface area contributed by atoms with E-state index < -0.39 is 5.97 Å². The lowest BCUT2D eigenvalue weighted by Gasteiger charge is -2.60. The van der Waals surface area contributed by atoms with E-state index in [1.54, 1.807) is 0 Å². The molecule has 0 aromatic carbocycles. The highest BCUT2D eigenvalue weighted by Gasteiger charge is 2.54. The summed E-state index contributed by atoms with van der Waals surface area (Å²) in [5, 5.41) is 13.0. The minimum absolute atomic E-state index is 0.143. The first-order valence-corrected chi connectivity index (χ1v) is 11.0. The van der Waals surface area contributed by atoms with Gasteiger partial charge >= 0.3 is 5.97 Å². The number of aryl methyl sites for hydroxylation is 1. The van der Waals surface area contributed by atoms with E-state index in [1.807, 2.05) is 11.8 Å². The Bertz CT molecular complexity index is 764. The van der Waals surface area contributed by atoms with Gasteiger partial charge in [0.05, 0.1) is 18.2 Å². The maximum atomic E-state index is 13.1. The van der Waals surface area contributed by atoms with Crippen LogP contribution in [0.5, 0.6) is 0 Å². The summed E-state index contributed by atoms with van der Waals surface area (Å²) in [6.45, 7) is 2.03. The molecule has 0 atom stereocenters. The van der Waals surface area contributed by atoms with Crippen molar-refractivity contribution in [3.8, 4) is 6.07 Å². The predicted molar refractivity (Wildman–Crippen MR) is 102 cm³/mol. The number of amides is 1. The molecule has 4 bridgehead atoms. The monoisotopic (exact) mass is 402 g/mol. The molecule has 1 heterocycles. The zero-order chi connectivity index (χ0) is 19.7. The normalized spacial score (nSPS) is 30.1. The van der Waals surface area contributed by atoms with Gasteiger partial charge in [0.1, 0.15) is 0 Å². The van der Waals surface area contributed by atoms with Gasteiger partial charge in [-0.25, -0.2) is 4.79 Å². The van der Waals surface area contributed by atoms with Crippen LogP contribution in [0.3, 0.4) is 0 Å². The molecule has 1 amide bonds. The van der Waals surface area contributed by atoms with Crippen LogP contribution in [-0.4, -0.2) is 45.1 Å². The lowest BCUT2D eigenvalue weighted by Crippen LogP contribution is -2.62. The van der Waals surface area contributed by atoms with Crippen LogP contribution in [0.4, 0.5) is 0 Å². The first kappa shape index (κ1) is 19.3. The second kappa shape index (κ2) is 7.78. The van der Waals surface area contributed by atoms with Crippen molar-refractivity contribution in [2.75, 3.05) is 13.2 Å². The van der Waals surface area contributed by atoms with Gasteiger partial charge in [-0.05, 0) is 74.2 Å². The Morgan fingerprint density at radius 3 is 2.46 bits per heavy atom. The average molecular weight is 403 g/mol. The van der Waals surface area contributed by atoms with E-state index in [2.05, 4.69) is 15.7 Å². The summed E-state index contributed by atoms with van der Waals surface area (Å²) in [6.07, 6.45) is 7.84. The minimum Gasteiger partial charge on any atom is -0.451 e. The molecule has 1 aromatic heterocycles. The third-order valence-electron chi connectivity index (χ3n) is 6.73. The number of hydrogen-bond donors (Lipinski definition) is 0. The smallest absolute Gasteiger partial charge is 0.352 e. The van der Waals surface area contributed by atoms with Gasteiger partial charge in [-0.3, -0.25) is 4.79 Å². The topological polar surface area (TPSA) is 96.2 Å². The van der Waals surface area contributed by atoms with Gasteiger partial charge in [0.15, 0.2) is 11.5 Å². The molecule has 0 radical (unpaired) electrons. The predicted octanol–water partition coefficient (Wildman–Crippen LogP) is 2.97. The Morgan fingerprint density at radius 1 is 1.25 bits per heavy atom. The van der Waals surface area contributed by atoms with Crippen molar-refractivity contribution in [3.05, 3.63) is 10.6 Å². The SMILES string of the molecule is CCc1nnsc1C(=O)OCC(=O)N(CCC#N)C12CC3CC(CC(C3)C1)C2. The standard InChI is InChI=1S/C20H26N4O3S/c1-2-16-18(28-23-22-16)19(26)27-12-17(25)24(5-3-4-21)20-9-13-6-14(10-20)8-15(7-13)11-20/h13-15H,2-3,5-12H2,1H3. The maximum absolute atomic E-state index is 13.1. The Balaban J connectivity index is 1.46. The first-order chi connectivity index (χ1) is 13.5. The van der Waals surface area contributed by atoms with Gasteiger partial charge in [0.25, 0.3) is 5.91 Å². The number of carbonyl (C=O) groups excluding carboxylic acids is 2. The second-order valence-corrected chi connectivity index (χ2v) is 9.33. The Morgan fingerprint density at radius 2 is 1.89 bits per heavy atom. The highest BCUT2D eigenvalue weighted by molar-refractivity contribution is 7.07. The highest BCUT2D eigenvalue weighted by atomic mass is 32.1. The molecule has 0 saturated heterocycles. The largest absolute Gasteiger partial charge is 0.451 e. The van der Waals surface area contributed by atoms with E-state index in [4.69, 9.17) is 10.00 Å². The van der Waals surface area contributed by atoms with Crippen LogP contribution in [0.15, 0.2) is 0 Å². The number of carbonyl (C=O) groups is 2. The molecule has 4 saturated carbocycles. The zero-order valence-corrected chi connectivity index (χ0v) is 17.0. The summed E-state index contributed by atoms with van der Waals surface area (Å²) < 4.78 is 9.14. The Kier molecular flexibility index (Phi) is 5.37. The molecule has 4 fully saturated rings. The fourth-order valence-electron chi connectivity index (χ4n) is 6.05. The number of nitriles is 1. The molecule has 0 aliphatic heterocycles. The van der Waals surface area contributed by atoms with Gasteiger partial charge in [-0.15, -0.1) is 5.10 Å². The third kappa shape index (κ3) is 3.52. The second-order valence-electron chi connectivity index (χ2n) is 8.57. The number of esters is 1. The van der Waals surface area contributed by atoms with Crippen LogP contribution in [0, 0.1) is 29.1 Å². The summed E-state index contributed by atoms with van der Waals surface area (Å²) >= 11 is 1.000. The van der Waals surface area contributed by atoms with Crippen LogP contribution >= 0.6 is 11.5 Å². The summed E-state index contributed by atoms with van der Waals surface area (Å²) in [5.41, 5.74) is 0.459. The molecule has 150 valence electrons.